The minimum atomic E-state index is -1.78. The van der Waals surface area contributed by atoms with Gasteiger partial charge in [-0.1, -0.05) is 239 Å². The van der Waals surface area contributed by atoms with E-state index in [0.717, 1.165) is 51.4 Å². The molecule has 0 aromatic rings. The molecule has 14 nitrogen and oxygen atoms in total. The third-order valence-electron chi connectivity index (χ3n) is 14.8. The second-order valence-corrected chi connectivity index (χ2v) is 21.1. The molecule has 0 saturated carbocycles. The van der Waals surface area contributed by atoms with Crippen molar-refractivity contribution in [3.63, 3.8) is 0 Å². The Bertz CT molecular complexity index is 1180. The highest BCUT2D eigenvalue weighted by molar-refractivity contribution is 5.76. The standard InChI is InChI=1S/C56H109NO13/c1-3-5-7-9-11-13-15-17-19-21-22-24-25-27-29-31-33-35-37-39-45(60)44(57-48(61)40-38-36-34-32-30-28-26-23-20-18-16-14-12-10-8-6-4-2)43-67-55-53(66)51(64)54(47(42-59)69-55)70-56-52(65)50(63)49(62)46(41-58)68-56/h44-47,49-56,58-60,62-66H,3-43H2,1-2H3,(H,57,61). The van der Waals surface area contributed by atoms with E-state index in [2.05, 4.69) is 19.2 Å². The topological polar surface area (TPSA) is 228 Å². The summed E-state index contributed by atoms with van der Waals surface area (Å²) in [6.07, 6.45) is 29.5. The predicted molar refractivity (Wildman–Crippen MR) is 277 cm³/mol. The first kappa shape index (κ1) is 65.1. The second kappa shape index (κ2) is 43.3. The van der Waals surface area contributed by atoms with Crippen molar-refractivity contribution in [1.82, 2.24) is 5.32 Å². The number of nitrogens with one attached hydrogen (secondary N) is 1. The first-order valence-corrected chi connectivity index (χ1v) is 29.3. The molecule has 0 aromatic heterocycles. The van der Waals surface area contributed by atoms with Crippen LogP contribution in [0.4, 0.5) is 0 Å². The van der Waals surface area contributed by atoms with Crippen molar-refractivity contribution in [3.05, 3.63) is 0 Å². The molecule has 2 fully saturated rings. The van der Waals surface area contributed by atoms with Crippen LogP contribution in [0.15, 0.2) is 0 Å². The van der Waals surface area contributed by atoms with Crippen LogP contribution in [0, 0.1) is 0 Å². The lowest BCUT2D eigenvalue weighted by atomic mass is 9.97. The molecule has 1 amide bonds. The van der Waals surface area contributed by atoms with E-state index in [-0.39, 0.29) is 12.5 Å². The molecule has 2 aliphatic rings. The number of carbonyl (C=O) groups is 1. The number of rotatable bonds is 47. The normalized spacial score (nSPS) is 25.9. The summed E-state index contributed by atoms with van der Waals surface area (Å²) >= 11 is 0. The van der Waals surface area contributed by atoms with Crippen molar-refractivity contribution >= 4 is 5.91 Å². The Morgan fingerprint density at radius 3 is 1.21 bits per heavy atom. The van der Waals surface area contributed by atoms with Gasteiger partial charge in [0.1, 0.15) is 48.8 Å². The molecule has 9 N–H and O–H groups in total. The number of aliphatic hydroxyl groups excluding tert-OH is 8. The molecule has 0 aliphatic carbocycles. The van der Waals surface area contributed by atoms with Crippen molar-refractivity contribution < 1.29 is 64.6 Å². The maximum atomic E-state index is 13.3. The predicted octanol–water partition coefficient (Wildman–Crippen LogP) is 9.34. The Hall–Kier alpha value is -1.01. The summed E-state index contributed by atoms with van der Waals surface area (Å²) in [6.45, 7) is 2.89. The van der Waals surface area contributed by atoms with Gasteiger partial charge in [0.15, 0.2) is 12.6 Å². The van der Waals surface area contributed by atoms with Crippen LogP contribution in [0.25, 0.3) is 0 Å². The van der Waals surface area contributed by atoms with Gasteiger partial charge in [0.25, 0.3) is 0 Å². The molecule has 2 saturated heterocycles. The van der Waals surface area contributed by atoms with Crippen LogP contribution in [-0.4, -0.2) is 140 Å². The Kier molecular flexibility index (Phi) is 40.2. The summed E-state index contributed by atoms with van der Waals surface area (Å²) in [5, 5.41) is 87.2. The third-order valence-corrected chi connectivity index (χ3v) is 14.8. The van der Waals surface area contributed by atoms with Crippen molar-refractivity contribution in [3.8, 4) is 0 Å². The third kappa shape index (κ3) is 29.2. The molecule has 14 heteroatoms. The molecule has 2 rings (SSSR count). The van der Waals surface area contributed by atoms with Crippen LogP contribution < -0.4 is 5.32 Å². The minimum Gasteiger partial charge on any atom is -0.394 e. The number of hydrogen-bond acceptors (Lipinski definition) is 13. The number of unbranched alkanes of at least 4 members (excludes halogenated alkanes) is 34. The van der Waals surface area contributed by atoms with Crippen LogP contribution in [-0.2, 0) is 23.7 Å². The second-order valence-electron chi connectivity index (χ2n) is 21.1. The van der Waals surface area contributed by atoms with Gasteiger partial charge in [0.2, 0.25) is 5.91 Å². The average molecular weight is 1000 g/mol. The van der Waals surface area contributed by atoms with Crippen LogP contribution >= 0.6 is 0 Å². The van der Waals surface area contributed by atoms with E-state index in [9.17, 15) is 45.6 Å². The summed E-state index contributed by atoms with van der Waals surface area (Å²) in [7, 11) is 0. The molecular formula is C56H109NO13. The molecule has 0 aromatic carbocycles. The van der Waals surface area contributed by atoms with Gasteiger partial charge < -0.3 is 65.1 Å². The van der Waals surface area contributed by atoms with Crippen LogP contribution in [0.5, 0.6) is 0 Å². The zero-order valence-electron chi connectivity index (χ0n) is 44.5. The SMILES string of the molecule is CCCCCCCCCCCCCCCCCCCCCC(O)C(COC1OC(CO)C(OC2OC(CO)C(O)C(O)C2O)C(O)C1O)NC(=O)CCCCCCCCCCCCCCCCCCC. The lowest BCUT2D eigenvalue weighted by Gasteiger charge is -2.46. The minimum absolute atomic E-state index is 0.201. The van der Waals surface area contributed by atoms with Crippen LogP contribution in [0.2, 0.25) is 0 Å². The number of amides is 1. The van der Waals surface area contributed by atoms with Gasteiger partial charge in [0, 0.05) is 6.42 Å². The van der Waals surface area contributed by atoms with E-state index in [1.807, 2.05) is 0 Å². The van der Waals surface area contributed by atoms with Crippen molar-refractivity contribution in [2.45, 2.75) is 331 Å². The largest absolute Gasteiger partial charge is 0.394 e. The highest BCUT2D eigenvalue weighted by atomic mass is 16.7. The summed E-state index contributed by atoms with van der Waals surface area (Å²) in [6, 6.07) is -0.822. The van der Waals surface area contributed by atoms with Gasteiger partial charge in [-0.15, -0.1) is 0 Å². The number of aliphatic hydroxyl groups is 8. The summed E-state index contributed by atoms with van der Waals surface area (Å²) in [5.74, 6) is -0.201. The molecule has 416 valence electrons. The fourth-order valence-electron chi connectivity index (χ4n) is 10.1. The van der Waals surface area contributed by atoms with E-state index < -0.39 is 86.8 Å². The van der Waals surface area contributed by atoms with E-state index in [1.165, 1.54) is 180 Å². The van der Waals surface area contributed by atoms with E-state index >= 15 is 0 Å². The van der Waals surface area contributed by atoms with Crippen LogP contribution in [0.1, 0.15) is 258 Å². The zero-order chi connectivity index (χ0) is 51.0. The van der Waals surface area contributed by atoms with Gasteiger partial charge >= 0.3 is 0 Å². The lowest BCUT2D eigenvalue weighted by Crippen LogP contribution is -2.65. The molecular weight excluding hydrogens is 895 g/mol. The molecule has 12 atom stereocenters. The maximum absolute atomic E-state index is 13.3. The summed E-state index contributed by atoms with van der Waals surface area (Å²) in [4.78, 5) is 13.3. The fourth-order valence-corrected chi connectivity index (χ4v) is 10.1. The van der Waals surface area contributed by atoms with E-state index in [1.54, 1.807) is 0 Å². The quantitative estimate of drug-likeness (QED) is 0.0259. The molecule has 12 unspecified atom stereocenters. The molecule has 0 spiro atoms. The van der Waals surface area contributed by atoms with E-state index in [0.29, 0.717) is 12.8 Å². The molecule has 2 heterocycles. The first-order chi connectivity index (χ1) is 34.1. The monoisotopic (exact) mass is 1000 g/mol. The van der Waals surface area contributed by atoms with Crippen molar-refractivity contribution in [1.29, 1.82) is 0 Å². The molecule has 70 heavy (non-hydrogen) atoms. The zero-order valence-corrected chi connectivity index (χ0v) is 44.5. The number of hydrogen-bond donors (Lipinski definition) is 9. The van der Waals surface area contributed by atoms with Gasteiger partial charge in [0.05, 0.1) is 32.0 Å². The van der Waals surface area contributed by atoms with Crippen LogP contribution in [0.3, 0.4) is 0 Å². The lowest BCUT2D eigenvalue weighted by molar-refractivity contribution is -0.359. The Labute approximate surface area is 425 Å². The number of ether oxygens (including phenoxy) is 4. The molecule has 2 aliphatic heterocycles. The maximum Gasteiger partial charge on any atom is 0.220 e. The number of carbonyl (C=O) groups excluding carboxylic acids is 1. The summed E-state index contributed by atoms with van der Waals surface area (Å²) < 4.78 is 22.8. The van der Waals surface area contributed by atoms with Gasteiger partial charge in [-0.2, -0.15) is 0 Å². The molecule has 0 bridgehead atoms. The van der Waals surface area contributed by atoms with E-state index in [4.69, 9.17) is 18.9 Å². The Morgan fingerprint density at radius 2 is 0.814 bits per heavy atom. The van der Waals surface area contributed by atoms with Crippen molar-refractivity contribution in [2.75, 3.05) is 19.8 Å². The van der Waals surface area contributed by atoms with Crippen molar-refractivity contribution in [2.24, 2.45) is 0 Å². The Balaban J connectivity index is 1.76. The highest BCUT2D eigenvalue weighted by Gasteiger charge is 2.51. The van der Waals surface area contributed by atoms with Gasteiger partial charge in [-0.3, -0.25) is 4.79 Å². The Morgan fingerprint density at radius 1 is 0.457 bits per heavy atom. The van der Waals surface area contributed by atoms with Gasteiger partial charge in [-0.25, -0.2) is 0 Å². The molecule has 0 radical (unpaired) electrons. The van der Waals surface area contributed by atoms with Gasteiger partial charge in [-0.05, 0) is 12.8 Å². The first-order valence-electron chi connectivity index (χ1n) is 29.3. The fraction of sp³-hybridized carbons (Fsp3) is 0.982. The smallest absolute Gasteiger partial charge is 0.220 e. The highest BCUT2D eigenvalue weighted by Crippen LogP contribution is 2.30. The average Bonchev–Trinajstić information content (AvgIpc) is 3.36. The summed E-state index contributed by atoms with van der Waals surface area (Å²) in [5.41, 5.74) is 0.